The number of ether oxygens (including phenoxy) is 2. The first-order valence-corrected chi connectivity index (χ1v) is 7.58. The van der Waals surface area contributed by atoms with Crippen LogP contribution in [0.1, 0.15) is 30.0 Å². The van der Waals surface area contributed by atoms with Crippen molar-refractivity contribution in [2.45, 2.75) is 26.2 Å². The van der Waals surface area contributed by atoms with E-state index in [0.29, 0.717) is 19.4 Å². The second-order valence-electron chi connectivity index (χ2n) is 5.10. The summed E-state index contributed by atoms with van der Waals surface area (Å²) in [7, 11) is 1.67. The van der Waals surface area contributed by atoms with Gasteiger partial charge in [0.25, 0.3) is 0 Å². The lowest BCUT2D eigenvalue weighted by Crippen LogP contribution is -2.06. The highest BCUT2D eigenvalue weighted by Crippen LogP contribution is 2.19. The van der Waals surface area contributed by atoms with Gasteiger partial charge in [-0.25, -0.2) is 0 Å². The van der Waals surface area contributed by atoms with Gasteiger partial charge in [-0.3, -0.25) is 4.79 Å². The van der Waals surface area contributed by atoms with E-state index in [1.807, 2.05) is 37.3 Å². The molecule has 3 heteroatoms. The van der Waals surface area contributed by atoms with Crippen molar-refractivity contribution in [1.82, 2.24) is 0 Å². The highest BCUT2D eigenvalue weighted by atomic mass is 16.5. The van der Waals surface area contributed by atoms with Gasteiger partial charge in [0.15, 0.2) is 0 Å². The number of hydrogen-bond acceptors (Lipinski definition) is 3. The highest BCUT2D eigenvalue weighted by Gasteiger charge is 2.07. The molecule has 0 N–H and O–H groups in total. The average molecular weight is 298 g/mol. The fourth-order valence-corrected chi connectivity index (χ4v) is 2.45. The summed E-state index contributed by atoms with van der Waals surface area (Å²) in [5, 5.41) is 0. The lowest BCUT2D eigenvalue weighted by Gasteiger charge is -2.10. The van der Waals surface area contributed by atoms with E-state index in [1.165, 1.54) is 16.7 Å². The summed E-state index contributed by atoms with van der Waals surface area (Å²) in [6.45, 7) is 2.26. The summed E-state index contributed by atoms with van der Waals surface area (Å²) < 4.78 is 10.3. The van der Waals surface area contributed by atoms with Crippen LogP contribution >= 0.6 is 0 Å². The van der Waals surface area contributed by atoms with Crippen molar-refractivity contribution in [3.8, 4) is 5.75 Å². The molecule has 0 unspecified atom stereocenters. The summed E-state index contributed by atoms with van der Waals surface area (Å²) in [4.78, 5) is 11.5. The molecule has 0 heterocycles. The Hall–Kier alpha value is -2.29. The molecule has 0 bridgehead atoms. The number of carbonyl (C=O) groups excluding carboxylic acids is 1. The first kappa shape index (κ1) is 16.1. The topological polar surface area (TPSA) is 35.5 Å². The van der Waals surface area contributed by atoms with Crippen LogP contribution in [0.15, 0.2) is 48.5 Å². The Morgan fingerprint density at radius 2 is 1.82 bits per heavy atom. The monoisotopic (exact) mass is 298 g/mol. The van der Waals surface area contributed by atoms with Gasteiger partial charge in [0.2, 0.25) is 0 Å². The van der Waals surface area contributed by atoms with E-state index in [0.717, 1.165) is 12.2 Å². The zero-order valence-electron chi connectivity index (χ0n) is 13.2. The predicted octanol–water partition coefficient (Wildman–Crippen LogP) is 3.78. The molecule has 2 aromatic carbocycles. The molecule has 2 rings (SSSR count). The maximum absolute atomic E-state index is 11.5. The molecule has 0 aliphatic carbocycles. The van der Waals surface area contributed by atoms with Gasteiger partial charge >= 0.3 is 5.97 Å². The molecule has 0 aliphatic heterocycles. The summed E-state index contributed by atoms with van der Waals surface area (Å²) >= 11 is 0. The molecule has 0 fully saturated rings. The Bertz CT molecular complexity index is 620. The molecular weight excluding hydrogens is 276 g/mol. The Labute approximate surface area is 131 Å². The van der Waals surface area contributed by atoms with E-state index >= 15 is 0 Å². The van der Waals surface area contributed by atoms with Gasteiger partial charge in [-0.2, -0.15) is 0 Å². The Kier molecular flexibility index (Phi) is 6.01. The molecule has 0 saturated heterocycles. The quantitative estimate of drug-likeness (QED) is 0.730. The molecule has 22 heavy (non-hydrogen) atoms. The third-order valence-corrected chi connectivity index (χ3v) is 3.55. The average Bonchev–Trinajstić information content (AvgIpc) is 2.54. The van der Waals surface area contributed by atoms with Crippen molar-refractivity contribution in [3.05, 3.63) is 65.2 Å². The molecule has 0 spiro atoms. The Morgan fingerprint density at radius 3 is 2.55 bits per heavy atom. The molecule has 3 nitrogen and oxygen atoms in total. The number of hydrogen-bond donors (Lipinski definition) is 0. The molecular formula is C19H22O3. The number of methoxy groups -OCH3 is 1. The molecule has 0 aliphatic rings. The molecule has 0 atom stereocenters. The van der Waals surface area contributed by atoms with E-state index in [4.69, 9.17) is 9.47 Å². The van der Waals surface area contributed by atoms with Crippen LogP contribution in [0.4, 0.5) is 0 Å². The second kappa shape index (κ2) is 8.23. The molecule has 0 aromatic heterocycles. The van der Waals surface area contributed by atoms with Gasteiger partial charge < -0.3 is 9.47 Å². The lowest BCUT2D eigenvalue weighted by molar-refractivity contribution is -0.143. The van der Waals surface area contributed by atoms with Gasteiger partial charge in [0.1, 0.15) is 5.75 Å². The van der Waals surface area contributed by atoms with E-state index < -0.39 is 0 Å². The molecule has 0 saturated carbocycles. The summed E-state index contributed by atoms with van der Waals surface area (Å²) in [5.41, 5.74) is 3.63. The largest absolute Gasteiger partial charge is 0.497 e. The minimum absolute atomic E-state index is 0.140. The first-order chi connectivity index (χ1) is 10.7. The van der Waals surface area contributed by atoms with E-state index in [2.05, 4.69) is 18.2 Å². The zero-order chi connectivity index (χ0) is 15.8. The van der Waals surface area contributed by atoms with Crippen molar-refractivity contribution in [2.75, 3.05) is 13.7 Å². The molecule has 116 valence electrons. The maximum Gasteiger partial charge on any atom is 0.306 e. The summed E-state index contributed by atoms with van der Waals surface area (Å²) in [5.74, 6) is 0.722. The first-order valence-electron chi connectivity index (χ1n) is 7.58. The smallest absolute Gasteiger partial charge is 0.306 e. The highest BCUT2D eigenvalue weighted by molar-refractivity contribution is 5.69. The van der Waals surface area contributed by atoms with Crippen LogP contribution in [0.5, 0.6) is 5.75 Å². The van der Waals surface area contributed by atoms with Crippen LogP contribution in [0.2, 0.25) is 0 Å². The van der Waals surface area contributed by atoms with Crippen molar-refractivity contribution in [2.24, 2.45) is 0 Å². The summed E-state index contributed by atoms with van der Waals surface area (Å²) in [6.07, 6.45) is 1.96. The van der Waals surface area contributed by atoms with Crippen LogP contribution in [0.3, 0.4) is 0 Å². The van der Waals surface area contributed by atoms with E-state index in [1.54, 1.807) is 7.11 Å². The van der Waals surface area contributed by atoms with Gasteiger partial charge in [-0.05, 0) is 48.6 Å². The fraction of sp³-hybridized carbons (Fsp3) is 0.316. The predicted molar refractivity (Wildman–Crippen MR) is 87.2 cm³/mol. The number of benzene rings is 2. The third kappa shape index (κ3) is 4.62. The molecule has 0 amide bonds. The van der Waals surface area contributed by atoms with Gasteiger partial charge in [0.05, 0.1) is 13.7 Å². The number of aryl methyl sites for hydroxylation is 1. The van der Waals surface area contributed by atoms with E-state index in [-0.39, 0.29) is 5.97 Å². The third-order valence-electron chi connectivity index (χ3n) is 3.55. The molecule has 2 aromatic rings. The van der Waals surface area contributed by atoms with Gasteiger partial charge in [0, 0.05) is 6.42 Å². The lowest BCUT2D eigenvalue weighted by atomic mass is 9.97. The van der Waals surface area contributed by atoms with Crippen LogP contribution in [-0.4, -0.2) is 19.7 Å². The fourth-order valence-electron chi connectivity index (χ4n) is 2.45. The minimum atomic E-state index is -0.140. The van der Waals surface area contributed by atoms with Crippen LogP contribution in [0.25, 0.3) is 0 Å². The number of carbonyl (C=O) groups is 1. The van der Waals surface area contributed by atoms with E-state index in [9.17, 15) is 4.79 Å². The van der Waals surface area contributed by atoms with Gasteiger partial charge in [-0.15, -0.1) is 0 Å². The SMILES string of the molecule is CCOC(=O)CCc1ccccc1Cc1cccc(OC)c1. The van der Waals surface area contributed by atoms with Crippen molar-refractivity contribution in [3.63, 3.8) is 0 Å². The van der Waals surface area contributed by atoms with Crippen LogP contribution < -0.4 is 4.74 Å². The van der Waals surface area contributed by atoms with Crippen LogP contribution in [0, 0.1) is 0 Å². The van der Waals surface area contributed by atoms with Crippen molar-refractivity contribution < 1.29 is 14.3 Å². The summed E-state index contributed by atoms with van der Waals surface area (Å²) in [6, 6.07) is 16.3. The number of esters is 1. The minimum Gasteiger partial charge on any atom is -0.497 e. The second-order valence-corrected chi connectivity index (χ2v) is 5.10. The zero-order valence-corrected chi connectivity index (χ0v) is 13.2. The Balaban J connectivity index is 2.09. The molecule has 0 radical (unpaired) electrons. The normalized spacial score (nSPS) is 10.3. The van der Waals surface area contributed by atoms with Crippen molar-refractivity contribution in [1.29, 1.82) is 0 Å². The maximum atomic E-state index is 11.5. The van der Waals surface area contributed by atoms with Crippen molar-refractivity contribution >= 4 is 5.97 Å². The van der Waals surface area contributed by atoms with Crippen LogP contribution in [-0.2, 0) is 22.4 Å². The van der Waals surface area contributed by atoms with Gasteiger partial charge in [-0.1, -0.05) is 36.4 Å². The Morgan fingerprint density at radius 1 is 1.05 bits per heavy atom. The standard InChI is InChI=1S/C19H22O3/c1-3-22-19(20)12-11-16-8-4-5-9-17(16)13-15-7-6-10-18(14-15)21-2/h4-10,14H,3,11-13H2,1-2H3. The number of rotatable bonds is 7.